The summed E-state index contributed by atoms with van der Waals surface area (Å²) in [5.41, 5.74) is 2.59. The number of rotatable bonds is 14. The minimum atomic E-state index is -1.35. The first-order valence-electron chi connectivity index (χ1n) is 17.5. The summed E-state index contributed by atoms with van der Waals surface area (Å²) < 4.78 is 0. The van der Waals surface area contributed by atoms with E-state index in [9.17, 15) is 48.6 Å². The predicted molar refractivity (Wildman–Crippen MR) is 191 cm³/mol. The standard InChI is InChI=1S/C38H47N5O10/c1-21-13-14-26-23(17-21)15-16-42(32(26)36(52)39-25(20-44)19-31(48)49)37(53)33(38(3,4)5)41-34(50)27(10-8-12-30(46)47)40-35(51)29-18-24-9-6-7-11-28(24)43(29)22(2)45/h6-7,9,11,13-14,17,20,25,27,29,32-33H,8,10,12,15-16,18-19H2,1-5H3,(H,39,52)(H,40,51)(H,41,50)(H,46,47)(H,48,49)/t25?,27?,29?,32-,33?/m0/s1. The Kier molecular flexibility index (Phi) is 12.8. The number of aryl methyl sites for hydroxylation is 1. The molecule has 2 heterocycles. The number of hydrogen-bond acceptors (Lipinski definition) is 8. The Bertz CT molecular complexity index is 1790. The van der Waals surface area contributed by atoms with Gasteiger partial charge in [0.05, 0.1) is 12.5 Å². The number of amides is 5. The van der Waals surface area contributed by atoms with Crippen molar-refractivity contribution in [3.8, 4) is 0 Å². The first kappa shape index (κ1) is 40.2. The summed E-state index contributed by atoms with van der Waals surface area (Å²) in [6, 6.07) is 6.27. The molecule has 5 amide bonds. The Hall–Kier alpha value is -5.60. The van der Waals surface area contributed by atoms with Gasteiger partial charge in [0.25, 0.3) is 0 Å². The average Bonchev–Trinajstić information content (AvgIpc) is 3.48. The number of anilines is 1. The Balaban J connectivity index is 1.63. The van der Waals surface area contributed by atoms with Crippen molar-refractivity contribution in [3.63, 3.8) is 0 Å². The fraction of sp³-hybridized carbons (Fsp3) is 0.474. The number of benzene rings is 2. The Morgan fingerprint density at radius 3 is 2.25 bits per heavy atom. The third-order valence-electron chi connectivity index (χ3n) is 9.48. The number of nitrogens with one attached hydrogen (secondary N) is 3. The van der Waals surface area contributed by atoms with Crippen molar-refractivity contribution in [3.05, 3.63) is 64.7 Å². The van der Waals surface area contributed by atoms with Crippen molar-refractivity contribution < 1.29 is 48.6 Å². The molecule has 15 nitrogen and oxygen atoms in total. The van der Waals surface area contributed by atoms with Gasteiger partial charge in [-0.2, -0.15) is 0 Å². The van der Waals surface area contributed by atoms with E-state index in [4.69, 9.17) is 0 Å². The monoisotopic (exact) mass is 733 g/mol. The van der Waals surface area contributed by atoms with Crippen molar-refractivity contribution in [2.75, 3.05) is 11.4 Å². The molecule has 5 atom stereocenters. The number of aldehydes is 1. The molecule has 0 spiro atoms. The molecule has 284 valence electrons. The van der Waals surface area contributed by atoms with Gasteiger partial charge in [-0.15, -0.1) is 0 Å². The second-order valence-electron chi connectivity index (χ2n) is 14.6. The molecule has 4 unspecified atom stereocenters. The van der Waals surface area contributed by atoms with Crippen molar-refractivity contribution in [1.29, 1.82) is 0 Å². The van der Waals surface area contributed by atoms with Gasteiger partial charge in [0.2, 0.25) is 29.5 Å². The third kappa shape index (κ3) is 9.64. The summed E-state index contributed by atoms with van der Waals surface area (Å²) in [5.74, 6) is -5.58. The fourth-order valence-corrected chi connectivity index (χ4v) is 6.90. The number of nitrogens with zero attached hydrogens (tertiary/aromatic N) is 2. The van der Waals surface area contributed by atoms with E-state index in [-0.39, 0.29) is 38.1 Å². The molecule has 4 rings (SSSR count). The van der Waals surface area contributed by atoms with Gasteiger partial charge in [-0.1, -0.05) is 62.7 Å². The van der Waals surface area contributed by atoms with Crippen LogP contribution in [0.4, 0.5) is 5.69 Å². The highest BCUT2D eigenvalue weighted by atomic mass is 16.4. The number of fused-ring (bicyclic) bond motifs is 2. The Labute approximate surface area is 307 Å². The van der Waals surface area contributed by atoms with E-state index in [1.807, 2.05) is 13.0 Å². The van der Waals surface area contributed by atoms with Crippen LogP contribution >= 0.6 is 0 Å². The lowest BCUT2D eigenvalue weighted by Gasteiger charge is -2.41. The van der Waals surface area contributed by atoms with Crippen molar-refractivity contribution in [2.24, 2.45) is 5.41 Å². The lowest BCUT2D eigenvalue weighted by molar-refractivity contribution is -0.147. The maximum absolute atomic E-state index is 14.6. The molecule has 2 aromatic carbocycles. The Morgan fingerprint density at radius 1 is 0.925 bits per heavy atom. The molecule has 0 aromatic heterocycles. The van der Waals surface area contributed by atoms with E-state index in [2.05, 4.69) is 16.0 Å². The first-order chi connectivity index (χ1) is 24.9. The summed E-state index contributed by atoms with van der Waals surface area (Å²) in [6.07, 6.45) is -0.145. The highest BCUT2D eigenvalue weighted by molar-refractivity contribution is 6.03. The van der Waals surface area contributed by atoms with Crippen LogP contribution in [0, 0.1) is 12.3 Å². The molecular weight excluding hydrogens is 686 g/mol. The second-order valence-corrected chi connectivity index (χ2v) is 14.6. The zero-order valence-electron chi connectivity index (χ0n) is 30.5. The van der Waals surface area contributed by atoms with E-state index in [0.29, 0.717) is 24.0 Å². The number of carbonyl (C=O) groups excluding carboxylic acids is 6. The highest BCUT2D eigenvalue weighted by Gasteiger charge is 2.44. The quantitative estimate of drug-likeness (QED) is 0.177. The Morgan fingerprint density at radius 2 is 1.62 bits per heavy atom. The fourth-order valence-electron chi connectivity index (χ4n) is 6.90. The van der Waals surface area contributed by atoms with E-state index in [1.54, 1.807) is 57.2 Å². The van der Waals surface area contributed by atoms with Gasteiger partial charge in [-0.3, -0.25) is 38.5 Å². The zero-order chi connectivity index (χ0) is 39.2. The van der Waals surface area contributed by atoms with E-state index >= 15 is 0 Å². The van der Waals surface area contributed by atoms with Gasteiger partial charge < -0.3 is 35.9 Å². The van der Waals surface area contributed by atoms with Crippen LogP contribution in [-0.2, 0) is 51.2 Å². The number of carboxylic acid groups (broad SMARTS) is 2. The summed E-state index contributed by atoms with van der Waals surface area (Å²) in [5, 5.41) is 26.5. The number of carboxylic acids is 2. The van der Waals surface area contributed by atoms with Gasteiger partial charge in [-0.25, -0.2) is 0 Å². The van der Waals surface area contributed by atoms with E-state index in [0.717, 1.165) is 16.7 Å². The van der Waals surface area contributed by atoms with Crippen LogP contribution in [0.2, 0.25) is 0 Å². The largest absolute Gasteiger partial charge is 0.481 e. The summed E-state index contributed by atoms with van der Waals surface area (Å²) in [4.78, 5) is 106. The lowest BCUT2D eigenvalue weighted by atomic mass is 9.83. The summed E-state index contributed by atoms with van der Waals surface area (Å²) in [7, 11) is 0. The smallest absolute Gasteiger partial charge is 0.305 e. The molecule has 2 aromatic rings. The number of aliphatic carboxylic acids is 2. The maximum Gasteiger partial charge on any atom is 0.305 e. The van der Waals surface area contributed by atoms with Gasteiger partial charge in [0, 0.05) is 32.0 Å². The van der Waals surface area contributed by atoms with Crippen LogP contribution in [0.3, 0.4) is 0 Å². The molecule has 5 N–H and O–H groups in total. The van der Waals surface area contributed by atoms with Crippen molar-refractivity contribution in [2.45, 2.75) is 103 Å². The highest BCUT2D eigenvalue weighted by Crippen LogP contribution is 2.34. The number of hydrogen-bond donors (Lipinski definition) is 5. The van der Waals surface area contributed by atoms with Crippen LogP contribution < -0.4 is 20.9 Å². The molecule has 2 aliphatic rings. The van der Waals surface area contributed by atoms with E-state index in [1.165, 1.54) is 16.7 Å². The van der Waals surface area contributed by atoms with E-state index < -0.39 is 77.6 Å². The lowest BCUT2D eigenvalue weighted by Crippen LogP contribution is -2.61. The molecule has 0 bridgehead atoms. The predicted octanol–water partition coefficient (Wildman–Crippen LogP) is 1.83. The molecule has 2 aliphatic heterocycles. The number of para-hydroxylation sites is 1. The molecule has 15 heteroatoms. The maximum atomic E-state index is 14.6. The summed E-state index contributed by atoms with van der Waals surface area (Å²) >= 11 is 0. The minimum absolute atomic E-state index is 0.0158. The van der Waals surface area contributed by atoms with Gasteiger partial charge >= 0.3 is 11.9 Å². The van der Waals surface area contributed by atoms with Crippen molar-refractivity contribution >= 4 is 53.4 Å². The zero-order valence-corrected chi connectivity index (χ0v) is 30.5. The molecule has 0 radical (unpaired) electrons. The topological polar surface area (TPSA) is 220 Å². The molecule has 0 saturated heterocycles. The van der Waals surface area contributed by atoms with Gasteiger partial charge in [-0.05, 0) is 54.4 Å². The molecule has 0 aliphatic carbocycles. The van der Waals surface area contributed by atoms with Crippen LogP contribution in [-0.4, -0.2) is 93.6 Å². The van der Waals surface area contributed by atoms with Crippen LogP contribution in [0.5, 0.6) is 0 Å². The van der Waals surface area contributed by atoms with Crippen LogP contribution in [0.25, 0.3) is 0 Å². The second kappa shape index (κ2) is 16.8. The SMILES string of the molecule is CC(=O)N1c2ccccc2CC1C(=O)NC(CCCC(=O)O)C(=O)NC(C(=O)N1CCc2cc(C)ccc2[C@H]1C(=O)NC(C=O)CC(=O)O)C(C)(C)C. The summed E-state index contributed by atoms with van der Waals surface area (Å²) in [6.45, 7) is 8.39. The molecule has 0 fully saturated rings. The van der Waals surface area contributed by atoms with Crippen LogP contribution in [0.1, 0.15) is 81.7 Å². The van der Waals surface area contributed by atoms with Crippen molar-refractivity contribution in [1.82, 2.24) is 20.9 Å². The molecular formula is C38H47N5O10. The average molecular weight is 734 g/mol. The number of carbonyl (C=O) groups is 8. The third-order valence-corrected chi connectivity index (χ3v) is 9.48. The normalized spacial score (nSPS) is 18.1. The molecule has 53 heavy (non-hydrogen) atoms. The van der Waals surface area contributed by atoms with Gasteiger partial charge in [0.1, 0.15) is 30.5 Å². The van der Waals surface area contributed by atoms with Gasteiger partial charge in [0.15, 0.2) is 0 Å². The minimum Gasteiger partial charge on any atom is -0.481 e. The first-order valence-corrected chi connectivity index (χ1v) is 17.5. The molecule has 0 saturated carbocycles. The van der Waals surface area contributed by atoms with Crippen LogP contribution in [0.15, 0.2) is 42.5 Å².